The Kier molecular flexibility index (Phi) is 6.10. The second-order valence-electron chi connectivity index (χ2n) is 3.85. The Morgan fingerprint density at radius 3 is 1.64 bits per heavy atom. The summed E-state index contributed by atoms with van der Waals surface area (Å²) < 4.78 is 0. The molecule has 14 heavy (non-hydrogen) atoms. The second kappa shape index (κ2) is 7.17. The first kappa shape index (κ1) is 11.9. The van der Waals surface area contributed by atoms with Gasteiger partial charge in [-0.05, 0) is 12.8 Å². The fourth-order valence-corrected chi connectivity index (χ4v) is 2.12. The number of hydrogen-bond acceptors (Lipinski definition) is 4. The highest BCUT2D eigenvalue weighted by molar-refractivity contribution is 4.85. The van der Waals surface area contributed by atoms with Crippen molar-refractivity contribution in [3.05, 3.63) is 0 Å². The van der Waals surface area contributed by atoms with Crippen molar-refractivity contribution < 1.29 is 10.2 Å². The van der Waals surface area contributed by atoms with Crippen LogP contribution in [0.1, 0.15) is 25.7 Å². The van der Waals surface area contributed by atoms with Crippen LogP contribution in [-0.4, -0.2) is 48.6 Å². The van der Waals surface area contributed by atoms with Gasteiger partial charge in [-0.15, -0.1) is 0 Å². The number of aliphatic hydroxyl groups excluding tert-OH is 2. The molecular formula is C10H22N2O2. The summed E-state index contributed by atoms with van der Waals surface area (Å²) in [6.45, 7) is 1.73. The molecule has 0 saturated heterocycles. The third-order valence-corrected chi connectivity index (χ3v) is 2.80. The maximum absolute atomic E-state index is 8.74. The standard InChI is InChI=1S/C10H22N2O2/c13-7-5-11-9-3-1-2-4-10(9)12-6-8-14/h9-14H,1-8H2. The molecule has 0 bridgehead atoms. The number of hydrogen-bond donors (Lipinski definition) is 4. The number of nitrogens with one attached hydrogen (secondary N) is 2. The molecule has 4 heteroatoms. The molecule has 0 aromatic carbocycles. The predicted octanol–water partition coefficient (Wildman–Crippen LogP) is -0.539. The van der Waals surface area contributed by atoms with Crippen LogP contribution in [0.15, 0.2) is 0 Å². The first-order valence-corrected chi connectivity index (χ1v) is 5.57. The van der Waals surface area contributed by atoms with Gasteiger partial charge in [0.1, 0.15) is 0 Å². The van der Waals surface area contributed by atoms with Crippen LogP contribution in [0.3, 0.4) is 0 Å². The van der Waals surface area contributed by atoms with Gasteiger partial charge in [-0.1, -0.05) is 12.8 Å². The third-order valence-electron chi connectivity index (χ3n) is 2.80. The molecular weight excluding hydrogens is 180 g/mol. The van der Waals surface area contributed by atoms with Crippen molar-refractivity contribution >= 4 is 0 Å². The molecule has 0 radical (unpaired) electrons. The minimum atomic E-state index is 0.198. The average molecular weight is 202 g/mol. The molecule has 1 saturated carbocycles. The Hall–Kier alpha value is -0.160. The van der Waals surface area contributed by atoms with Crippen LogP contribution < -0.4 is 10.6 Å². The predicted molar refractivity (Wildman–Crippen MR) is 56.2 cm³/mol. The normalized spacial score (nSPS) is 27.9. The van der Waals surface area contributed by atoms with Crippen LogP contribution in [0.5, 0.6) is 0 Å². The maximum Gasteiger partial charge on any atom is 0.0556 e. The monoisotopic (exact) mass is 202 g/mol. The van der Waals surface area contributed by atoms with E-state index in [0.717, 1.165) is 0 Å². The molecule has 4 nitrogen and oxygen atoms in total. The van der Waals surface area contributed by atoms with E-state index in [9.17, 15) is 0 Å². The van der Waals surface area contributed by atoms with Gasteiger partial charge in [0, 0.05) is 25.2 Å². The molecule has 2 unspecified atom stereocenters. The molecule has 1 aliphatic carbocycles. The lowest BCUT2D eigenvalue weighted by molar-refractivity contribution is 0.229. The molecule has 0 amide bonds. The zero-order valence-corrected chi connectivity index (χ0v) is 8.71. The van der Waals surface area contributed by atoms with Gasteiger partial charge in [0.2, 0.25) is 0 Å². The van der Waals surface area contributed by atoms with Crippen LogP contribution in [0.2, 0.25) is 0 Å². The quantitative estimate of drug-likeness (QED) is 0.467. The molecule has 0 heterocycles. The van der Waals surface area contributed by atoms with Gasteiger partial charge in [-0.25, -0.2) is 0 Å². The van der Waals surface area contributed by atoms with Gasteiger partial charge in [-0.2, -0.15) is 0 Å². The van der Waals surface area contributed by atoms with Crippen LogP contribution in [0.4, 0.5) is 0 Å². The van der Waals surface area contributed by atoms with E-state index in [1.165, 1.54) is 25.7 Å². The number of rotatable bonds is 6. The second-order valence-corrected chi connectivity index (χ2v) is 3.85. The third kappa shape index (κ3) is 3.92. The highest BCUT2D eigenvalue weighted by atomic mass is 16.3. The molecule has 0 aromatic rings. The van der Waals surface area contributed by atoms with Crippen LogP contribution in [0.25, 0.3) is 0 Å². The molecule has 2 atom stereocenters. The van der Waals surface area contributed by atoms with Crippen molar-refractivity contribution in [3.63, 3.8) is 0 Å². The molecule has 4 N–H and O–H groups in total. The highest BCUT2D eigenvalue weighted by Gasteiger charge is 2.23. The van der Waals surface area contributed by atoms with Crippen molar-refractivity contribution in [2.24, 2.45) is 0 Å². The highest BCUT2D eigenvalue weighted by Crippen LogP contribution is 2.18. The topological polar surface area (TPSA) is 64.5 Å². The van der Waals surface area contributed by atoms with E-state index in [0.29, 0.717) is 25.2 Å². The molecule has 1 aliphatic rings. The van der Waals surface area contributed by atoms with Crippen LogP contribution in [0, 0.1) is 0 Å². The van der Waals surface area contributed by atoms with Gasteiger partial charge in [0.05, 0.1) is 13.2 Å². The summed E-state index contributed by atoms with van der Waals surface area (Å²) in [6.07, 6.45) is 4.87. The van der Waals surface area contributed by atoms with Gasteiger partial charge in [0.25, 0.3) is 0 Å². The van der Waals surface area contributed by atoms with Crippen molar-refractivity contribution in [2.75, 3.05) is 26.3 Å². The van der Waals surface area contributed by atoms with Crippen LogP contribution in [-0.2, 0) is 0 Å². The Balaban J connectivity index is 2.26. The molecule has 84 valence electrons. The Morgan fingerprint density at radius 2 is 1.29 bits per heavy atom. The van der Waals surface area contributed by atoms with Gasteiger partial charge in [-0.3, -0.25) is 0 Å². The molecule has 0 aliphatic heterocycles. The summed E-state index contributed by atoms with van der Waals surface area (Å²) in [5.74, 6) is 0. The Bertz CT molecular complexity index is 128. The summed E-state index contributed by atoms with van der Waals surface area (Å²) in [7, 11) is 0. The first-order chi connectivity index (χ1) is 6.88. The molecule has 1 fully saturated rings. The van der Waals surface area contributed by atoms with E-state index in [1.807, 2.05) is 0 Å². The molecule has 0 spiro atoms. The first-order valence-electron chi connectivity index (χ1n) is 5.57. The van der Waals surface area contributed by atoms with E-state index in [-0.39, 0.29) is 13.2 Å². The zero-order valence-electron chi connectivity index (χ0n) is 8.71. The van der Waals surface area contributed by atoms with E-state index in [1.54, 1.807) is 0 Å². The fraction of sp³-hybridized carbons (Fsp3) is 1.00. The summed E-state index contributed by atoms with van der Waals surface area (Å²) in [4.78, 5) is 0. The van der Waals surface area contributed by atoms with Crippen molar-refractivity contribution in [2.45, 2.75) is 37.8 Å². The lowest BCUT2D eigenvalue weighted by Gasteiger charge is -2.32. The average Bonchev–Trinajstić information content (AvgIpc) is 2.24. The van der Waals surface area contributed by atoms with Gasteiger partial charge >= 0.3 is 0 Å². The summed E-state index contributed by atoms with van der Waals surface area (Å²) >= 11 is 0. The Morgan fingerprint density at radius 1 is 0.857 bits per heavy atom. The fourth-order valence-electron chi connectivity index (χ4n) is 2.12. The van der Waals surface area contributed by atoms with E-state index in [4.69, 9.17) is 10.2 Å². The van der Waals surface area contributed by atoms with E-state index < -0.39 is 0 Å². The minimum Gasteiger partial charge on any atom is -0.395 e. The minimum absolute atomic E-state index is 0.198. The summed E-state index contributed by atoms with van der Waals surface area (Å²) in [6, 6.07) is 0.921. The molecule has 1 rings (SSSR count). The van der Waals surface area contributed by atoms with Crippen LogP contribution >= 0.6 is 0 Å². The lowest BCUT2D eigenvalue weighted by Crippen LogP contribution is -2.51. The maximum atomic E-state index is 8.74. The van der Waals surface area contributed by atoms with Crippen molar-refractivity contribution in [3.8, 4) is 0 Å². The Labute approximate surface area is 85.7 Å². The van der Waals surface area contributed by atoms with Gasteiger partial charge in [0.15, 0.2) is 0 Å². The summed E-state index contributed by atoms with van der Waals surface area (Å²) in [5, 5.41) is 24.1. The lowest BCUT2D eigenvalue weighted by atomic mass is 9.90. The van der Waals surface area contributed by atoms with E-state index >= 15 is 0 Å². The van der Waals surface area contributed by atoms with Crippen molar-refractivity contribution in [1.29, 1.82) is 0 Å². The van der Waals surface area contributed by atoms with E-state index in [2.05, 4.69) is 10.6 Å². The largest absolute Gasteiger partial charge is 0.395 e. The smallest absolute Gasteiger partial charge is 0.0556 e. The zero-order chi connectivity index (χ0) is 10.2. The number of aliphatic hydroxyl groups is 2. The molecule has 0 aromatic heterocycles. The van der Waals surface area contributed by atoms with Crippen molar-refractivity contribution in [1.82, 2.24) is 10.6 Å². The van der Waals surface area contributed by atoms with Gasteiger partial charge < -0.3 is 20.8 Å². The SMILES string of the molecule is OCCNC1CCCCC1NCCO. The summed E-state index contributed by atoms with van der Waals surface area (Å²) in [5.41, 5.74) is 0.